The van der Waals surface area contributed by atoms with E-state index in [4.69, 9.17) is 18.9 Å². The molecule has 0 aliphatic carbocycles. The van der Waals surface area contributed by atoms with Gasteiger partial charge in [-0.05, 0) is 19.3 Å². The van der Waals surface area contributed by atoms with Gasteiger partial charge in [-0.2, -0.15) is 0 Å². The van der Waals surface area contributed by atoms with Crippen molar-refractivity contribution < 1.29 is 28.5 Å². The number of carbonyl (C=O) groups is 2. The van der Waals surface area contributed by atoms with Crippen LogP contribution < -0.4 is 5.32 Å². The van der Waals surface area contributed by atoms with Crippen molar-refractivity contribution in [1.82, 2.24) is 5.32 Å². The fourth-order valence-corrected chi connectivity index (χ4v) is 3.64. The van der Waals surface area contributed by atoms with Crippen molar-refractivity contribution in [3.05, 3.63) is 0 Å². The van der Waals surface area contributed by atoms with E-state index < -0.39 is 11.8 Å². The largest absolute Gasteiger partial charge is 0.465 e. The molecule has 3 fully saturated rings. The molecule has 3 heterocycles. The predicted molar refractivity (Wildman–Crippen MR) is 65.6 cm³/mol. The zero-order valence-corrected chi connectivity index (χ0v) is 11.2. The van der Waals surface area contributed by atoms with Crippen LogP contribution in [0.25, 0.3) is 0 Å². The maximum atomic E-state index is 10.7. The molecular formula is C13H19NO6. The molecule has 0 amide bonds. The Balaban J connectivity index is 1.85. The molecule has 7 nitrogen and oxygen atoms in total. The second-order valence-electron chi connectivity index (χ2n) is 5.48. The smallest absolute Gasteiger partial charge is 0.294 e. The third-order valence-corrected chi connectivity index (χ3v) is 4.49. The summed E-state index contributed by atoms with van der Waals surface area (Å²) in [6.07, 6.45) is 2.31. The maximum Gasteiger partial charge on any atom is 0.294 e. The van der Waals surface area contributed by atoms with Gasteiger partial charge in [-0.3, -0.25) is 14.9 Å². The normalized spacial score (nSPS) is 43.2. The van der Waals surface area contributed by atoms with E-state index >= 15 is 0 Å². The summed E-state index contributed by atoms with van der Waals surface area (Å²) in [5.41, 5.74) is -0.839. The van der Waals surface area contributed by atoms with Crippen molar-refractivity contribution in [1.29, 1.82) is 0 Å². The van der Waals surface area contributed by atoms with Crippen LogP contribution in [0.4, 0.5) is 0 Å². The highest BCUT2D eigenvalue weighted by atomic mass is 16.6. The maximum absolute atomic E-state index is 10.7. The quantitative estimate of drug-likeness (QED) is 0.687. The Bertz CT molecular complexity index is 378. The highest BCUT2D eigenvalue weighted by molar-refractivity contribution is 5.39. The summed E-state index contributed by atoms with van der Waals surface area (Å²) >= 11 is 0. The average molecular weight is 285 g/mol. The van der Waals surface area contributed by atoms with Gasteiger partial charge < -0.3 is 18.9 Å². The summed E-state index contributed by atoms with van der Waals surface area (Å²) in [7, 11) is 0. The molecule has 3 saturated heterocycles. The number of hydrogen-bond donors (Lipinski definition) is 1. The van der Waals surface area contributed by atoms with Crippen molar-refractivity contribution in [2.24, 2.45) is 5.92 Å². The summed E-state index contributed by atoms with van der Waals surface area (Å²) in [6, 6.07) is 0. The van der Waals surface area contributed by atoms with Gasteiger partial charge in [0.25, 0.3) is 12.9 Å². The van der Waals surface area contributed by atoms with Crippen LogP contribution in [-0.2, 0) is 28.5 Å². The molecular weight excluding hydrogens is 266 g/mol. The summed E-state index contributed by atoms with van der Waals surface area (Å²) in [5.74, 6) is 0.00972. The van der Waals surface area contributed by atoms with Gasteiger partial charge in [-0.25, -0.2) is 0 Å². The number of rotatable bonds is 5. The lowest BCUT2D eigenvalue weighted by atomic mass is 9.87. The molecule has 0 radical (unpaired) electrons. The van der Waals surface area contributed by atoms with E-state index in [1.54, 1.807) is 0 Å². The van der Waals surface area contributed by atoms with Crippen LogP contribution in [-0.4, -0.2) is 56.7 Å². The Kier molecular flexibility index (Phi) is 3.91. The van der Waals surface area contributed by atoms with Crippen molar-refractivity contribution in [2.75, 3.05) is 19.8 Å². The fourth-order valence-electron chi connectivity index (χ4n) is 3.64. The Labute approximate surface area is 116 Å². The number of ether oxygens (including phenoxy) is 4. The SMILES string of the molecule is O=COC[C@@]12O[C@H]3CCCCO[C@H]3C1CN[C@H]2OC=O. The number of nitrogens with one attached hydrogen (secondary N) is 1. The molecule has 5 atom stereocenters. The molecule has 7 heteroatoms. The first-order valence-electron chi connectivity index (χ1n) is 6.99. The van der Waals surface area contributed by atoms with E-state index in [1.807, 2.05) is 0 Å². The lowest BCUT2D eigenvalue weighted by Gasteiger charge is -2.32. The van der Waals surface area contributed by atoms with Crippen LogP contribution in [0.1, 0.15) is 19.3 Å². The fraction of sp³-hybridized carbons (Fsp3) is 0.846. The summed E-state index contributed by atoms with van der Waals surface area (Å²) in [5, 5.41) is 3.11. The molecule has 0 aromatic heterocycles. The minimum atomic E-state index is -0.839. The van der Waals surface area contributed by atoms with Gasteiger partial charge in [-0.1, -0.05) is 0 Å². The minimum absolute atomic E-state index is 0.00972. The van der Waals surface area contributed by atoms with Gasteiger partial charge in [0.2, 0.25) is 0 Å². The van der Waals surface area contributed by atoms with E-state index in [2.05, 4.69) is 5.32 Å². The third-order valence-electron chi connectivity index (χ3n) is 4.49. The van der Waals surface area contributed by atoms with Gasteiger partial charge in [0.05, 0.1) is 12.2 Å². The average Bonchev–Trinajstić information content (AvgIpc) is 2.83. The van der Waals surface area contributed by atoms with Gasteiger partial charge in [0.15, 0.2) is 11.8 Å². The molecule has 20 heavy (non-hydrogen) atoms. The molecule has 0 aromatic carbocycles. The summed E-state index contributed by atoms with van der Waals surface area (Å²) in [6.45, 7) is 2.16. The van der Waals surface area contributed by atoms with E-state index in [1.165, 1.54) is 0 Å². The number of hydrogen-bond acceptors (Lipinski definition) is 7. The lowest BCUT2D eigenvalue weighted by Crippen LogP contribution is -2.51. The predicted octanol–water partition coefficient (Wildman–Crippen LogP) is -0.415. The lowest BCUT2D eigenvalue weighted by molar-refractivity contribution is -0.176. The highest BCUT2D eigenvalue weighted by Gasteiger charge is 2.64. The number of carbonyl (C=O) groups excluding carboxylic acids is 2. The van der Waals surface area contributed by atoms with E-state index in [-0.39, 0.29) is 24.7 Å². The first-order valence-corrected chi connectivity index (χ1v) is 6.99. The van der Waals surface area contributed by atoms with Crippen LogP contribution in [0.2, 0.25) is 0 Å². The zero-order chi connectivity index (χ0) is 14.0. The van der Waals surface area contributed by atoms with Crippen molar-refractivity contribution in [3.63, 3.8) is 0 Å². The Morgan fingerprint density at radius 2 is 2.20 bits per heavy atom. The topological polar surface area (TPSA) is 83.1 Å². The van der Waals surface area contributed by atoms with Gasteiger partial charge in [0, 0.05) is 19.1 Å². The third kappa shape index (κ3) is 2.10. The molecule has 112 valence electrons. The first kappa shape index (κ1) is 13.8. The van der Waals surface area contributed by atoms with Crippen LogP contribution in [0.5, 0.6) is 0 Å². The Hall–Kier alpha value is -1.18. The molecule has 0 bridgehead atoms. The van der Waals surface area contributed by atoms with Crippen LogP contribution in [0.3, 0.4) is 0 Å². The molecule has 3 aliphatic rings. The van der Waals surface area contributed by atoms with Crippen LogP contribution in [0, 0.1) is 5.92 Å². The molecule has 1 N–H and O–H groups in total. The second kappa shape index (κ2) is 5.67. The van der Waals surface area contributed by atoms with Gasteiger partial charge in [-0.15, -0.1) is 0 Å². The van der Waals surface area contributed by atoms with Crippen molar-refractivity contribution in [3.8, 4) is 0 Å². The molecule has 0 saturated carbocycles. The first-order chi connectivity index (χ1) is 9.81. The molecule has 0 spiro atoms. The monoisotopic (exact) mass is 285 g/mol. The van der Waals surface area contributed by atoms with E-state index in [0.717, 1.165) is 19.3 Å². The molecule has 3 aliphatic heterocycles. The van der Waals surface area contributed by atoms with Gasteiger partial charge >= 0.3 is 0 Å². The van der Waals surface area contributed by atoms with E-state index in [0.29, 0.717) is 26.1 Å². The zero-order valence-electron chi connectivity index (χ0n) is 11.2. The van der Waals surface area contributed by atoms with Crippen molar-refractivity contribution >= 4 is 12.9 Å². The molecule has 0 aromatic rings. The summed E-state index contributed by atoms with van der Waals surface area (Å²) < 4.78 is 22.1. The molecule has 1 unspecified atom stereocenters. The Morgan fingerprint density at radius 1 is 1.30 bits per heavy atom. The highest BCUT2D eigenvalue weighted by Crippen LogP contribution is 2.46. The van der Waals surface area contributed by atoms with Crippen LogP contribution in [0.15, 0.2) is 0 Å². The minimum Gasteiger partial charge on any atom is -0.465 e. The molecule has 3 rings (SSSR count). The van der Waals surface area contributed by atoms with E-state index in [9.17, 15) is 9.59 Å². The second-order valence-corrected chi connectivity index (χ2v) is 5.48. The number of fused-ring (bicyclic) bond motifs is 3. The Morgan fingerprint density at radius 3 is 3.00 bits per heavy atom. The van der Waals surface area contributed by atoms with Crippen LogP contribution >= 0.6 is 0 Å². The summed E-state index contributed by atoms with van der Waals surface area (Å²) in [4.78, 5) is 21.2. The standard InChI is InChI=1S/C13H19NO6/c15-7-17-6-13-9(5-14-12(13)19-8-16)11-10(20-13)3-1-2-4-18-11/h7-12,14H,1-6H2/t9?,10-,11-,12-,13+/m0/s1. The van der Waals surface area contributed by atoms with Gasteiger partial charge in [0.1, 0.15) is 6.61 Å². The van der Waals surface area contributed by atoms with Crippen molar-refractivity contribution in [2.45, 2.75) is 43.3 Å².